The first-order chi connectivity index (χ1) is 10.1. The minimum absolute atomic E-state index is 0.106. The first-order valence-electron chi connectivity index (χ1n) is 7.05. The Morgan fingerprint density at radius 2 is 2.24 bits per heavy atom. The van der Waals surface area contributed by atoms with Gasteiger partial charge in [-0.15, -0.1) is 0 Å². The van der Waals surface area contributed by atoms with Gasteiger partial charge in [0.05, 0.1) is 0 Å². The van der Waals surface area contributed by atoms with E-state index in [1.807, 2.05) is 13.0 Å². The van der Waals surface area contributed by atoms with E-state index >= 15 is 0 Å². The van der Waals surface area contributed by atoms with Gasteiger partial charge in [-0.25, -0.2) is 19.2 Å². The van der Waals surface area contributed by atoms with Crippen LogP contribution in [0.25, 0.3) is 5.65 Å². The van der Waals surface area contributed by atoms with Crippen molar-refractivity contribution < 1.29 is 8.42 Å². The van der Waals surface area contributed by atoms with Gasteiger partial charge in [0.1, 0.15) is 5.65 Å². The lowest BCUT2D eigenvalue weighted by atomic mass is 10.5. The molecule has 0 aromatic carbocycles. The Balaban J connectivity index is 2.17. The van der Waals surface area contributed by atoms with Gasteiger partial charge < -0.3 is 5.43 Å². The van der Waals surface area contributed by atoms with E-state index in [2.05, 4.69) is 10.4 Å². The minimum Gasteiger partial charge on any atom is -0.306 e. The number of pyridine rings is 1. The molecular formula is C13H19N5O2S. The summed E-state index contributed by atoms with van der Waals surface area (Å²) in [6, 6.07) is 5.44. The van der Waals surface area contributed by atoms with Crippen LogP contribution in [0, 0.1) is 0 Å². The standard InChI is InChI=1S/C13H19N5O2S/c1-2-8-18(10-6-7-10)21(19,20)13-12(16-14)15-11-5-3-4-9-17(11)13/h3-5,9-10,16H,2,6-8,14H2,1H3. The second kappa shape index (κ2) is 5.28. The van der Waals surface area contributed by atoms with Gasteiger partial charge >= 0.3 is 0 Å². The van der Waals surface area contributed by atoms with Gasteiger partial charge in [0.2, 0.25) is 5.03 Å². The molecule has 0 amide bonds. The number of nitrogens with zero attached hydrogens (tertiary/aromatic N) is 3. The van der Waals surface area contributed by atoms with Crippen LogP contribution in [0.15, 0.2) is 29.4 Å². The molecule has 0 bridgehead atoms. The van der Waals surface area contributed by atoms with Crippen molar-refractivity contribution in [2.24, 2.45) is 5.84 Å². The Bertz CT molecular complexity index is 751. The zero-order valence-electron chi connectivity index (χ0n) is 11.9. The maximum absolute atomic E-state index is 13.0. The molecule has 21 heavy (non-hydrogen) atoms. The zero-order valence-corrected chi connectivity index (χ0v) is 12.7. The average molecular weight is 309 g/mol. The number of hydrogen-bond acceptors (Lipinski definition) is 5. The van der Waals surface area contributed by atoms with Gasteiger partial charge in [-0.05, 0) is 31.4 Å². The third-order valence-electron chi connectivity index (χ3n) is 3.57. The Kier molecular flexibility index (Phi) is 3.60. The molecule has 8 heteroatoms. The fraction of sp³-hybridized carbons (Fsp3) is 0.462. The van der Waals surface area contributed by atoms with Gasteiger partial charge in [-0.3, -0.25) is 4.40 Å². The van der Waals surface area contributed by atoms with Crippen molar-refractivity contribution in [3.05, 3.63) is 24.4 Å². The Morgan fingerprint density at radius 3 is 2.86 bits per heavy atom. The monoisotopic (exact) mass is 309 g/mol. The molecule has 3 rings (SSSR count). The summed E-state index contributed by atoms with van der Waals surface area (Å²) in [7, 11) is -3.63. The second-order valence-electron chi connectivity index (χ2n) is 5.19. The van der Waals surface area contributed by atoms with Gasteiger partial charge in [0.25, 0.3) is 10.0 Å². The highest BCUT2D eigenvalue weighted by atomic mass is 32.2. The third kappa shape index (κ3) is 2.39. The van der Waals surface area contributed by atoms with E-state index in [1.165, 1.54) is 0 Å². The summed E-state index contributed by atoms with van der Waals surface area (Å²) in [6.45, 7) is 2.48. The summed E-state index contributed by atoms with van der Waals surface area (Å²) in [6.07, 6.45) is 4.30. The molecule has 3 N–H and O–H groups in total. The average Bonchev–Trinajstić information content (AvgIpc) is 3.22. The van der Waals surface area contributed by atoms with E-state index in [0.29, 0.717) is 12.2 Å². The molecule has 2 aromatic heterocycles. The number of aromatic nitrogens is 2. The fourth-order valence-corrected chi connectivity index (χ4v) is 4.51. The highest BCUT2D eigenvalue weighted by Crippen LogP contribution is 2.34. The van der Waals surface area contributed by atoms with Crippen molar-refractivity contribution in [1.82, 2.24) is 13.7 Å². The quantitative estimate of drug-likeness (QED) is 0.617. The summed E-state index contributed by atoms with van der Waals surface area (Å²) >= 11 is 0. The fourth-order valence-electron chi connectivity index (χ4n) is 2.51. The number of nitrogens with two attached hydrogens (primary N) is 1. The maximum Gasteiger partial charge on any atom is 0.263 e. The molecule has 7 nitrogen and oxygen atoms in total. The summed E-state index contributed by atoms with van der Waals surface area (Å²) in [4.78, 5) is 4.24. The van der Waals surface area contributed by atoms with Crippen molar-refractivity contribution in [2.75, 3.05) is 12.0 Å². The van der Waals surface area contributed by atoms with Gasteiger partial charge in [0, 0.05) is 18.8 Å². The summed E-state index contributed by atoms with van der Waals surface area (Å²) in [5.74, 6) is 5.65. The highest BCUT2D eigenvalue weighted by molar-refractivity contribution is 7.89. The van der Waals surface area contributed by atoms with E-state index in [9.17, 15) is 8.42 Å². The molecule has 1 aliphatic rings. The van der Waals surface area contributed by atoms with Crippen LogP contribution in [0.2, 0.25) is 0 Å². The molecule has 0 unspecified atom stereocenters. The number of sulfonamides is 1. The van der Waals surface area contributed by atoms with Crippen LogP contribution in [0.3, 0.4) is 0 Å². The number of rotatable bonds is 6. The number of anilines is 1. The topological polar surface area (TPSA) is 92.7 Å². The molecule has 2 aromatic rings. The number of hydrogen-bond donors (Lipinski definition) is 2. The van der Waals surface area contributed by atoms with Crippen molar-refractivity contribution in [2.45, 2.75) is 37.3 Å². The molecule has 114 valence electrons. The van der Waals surface area contributed by atoms with Crippen molar-refractivity contribution in [1.29, 1.82) is 0 Å². The third-order valence-corrected chi connectivity index (χ3v) is 5.55. The lowest BCUT2D eigenvalue weighted by molar-refractivity contribution is 0.401. The van der Waals surface area contributed by atoms with E-state index in [0.717, 1.165) is 19.3 Å². The number of nitrogen functional groups attached to an aromatic ring is 1. The molecule has 0 atom stereocenters. The largest absolute Gasteiger partial charge is 0.306 e. The summed E-state index contributed by atoms with van der Waals surface area (Å²) in [5.41, 5.74) is 2.96. The molecule has 0 radical (unpaired) electrons. The van der Waals surface area contributed by atoms with Crippen LogP contribution in [0.5, 0.6) is 0 Å². The van der Waals surface area contributed by atoms with Gasteiger partial charge in [-0.2, -0.15) is 4.31 Å². The van der Waals surface area contributed by atoms with Crippen molar-refractivity contribution >= 4 is 21.5 Å². The van der Waals surface area contributed by atoms with E-state index in [-0.39, 0.29) is 16.9 Å². The molecule has 0 spiro atoms. The molecule has 1 saturated carbocycles. The Labute approximate surface area is 123 Å². The first kappa shape index (κ1) is 14.3. The molecular weight excluding hydrogens is 290 g/mol. The van der Waals surface area contributed by atoms with Gasteiger partial charge in [0.15, 0.2) is 5.82 Å². The number of imidazole rings is 1. The highest BCUT2D eigenvalue weighted by Gasteiger charge is 2.40. The molecule has 1 fully saturated rings. The number of hydrazine groups is 1. The zero-order chi connectivity index (χ0) is 15.0. The number of nitrogens with one attached hydrogen (secondary N) is 1. The lowest BCUT2D eigenvalue weighted by Crippen LogP contribution is -2.35. The second-order valence-corrected chi connectivity index (χ2v) is 6.99. The Hall–Kier alpha value is -1.64. The van der Waals surface area contributed by atoms with Crippen LogP contribution >= 0.6 is 0 Å². The summed E-state index contributed by atoms with van der Waals surface area (Å²) < 4.78 is 29.2. The van der Waals surface area contributed by atoms with Crippen LogP contribution in [-0.4, -0.2) is 34.7 Å². The smallest absolute Gasteiger partial charge is 0.263 e. The van der Waals surface area contributed by atoms with Gasteiger partial charge in [-0.1, -0.05) is 13.0 Å². The molecule has 2 heterocycles. The molecule has 1 aliphatic carbocycles. The van der Waals surface area contributed by atoms with Crippen LogP contribution in [-0.2, 0) is 10.0 Å². The van der Waals surface area contributed by atoms with E-state index < -0.39 is 10.0 Å². The lowest BCUT2D eigenvalue weighted by Gasteiger charge is -2.21. The minimum atomic E-state index is -3.63. The SMILES string of the molecule is CCCN(C1CC1)S(=O)(=O)c1c(NN)nc2ccccn12. The van der Waals surface area contributed by atoms with Crippen LogP contribution in [0.1, 0.15) is 26.2 Å². The van der Waals surface area contributed by atoms with Crippen LogP contribution < -0.4 is 11.3 Å². The summed E-state index contributed by atoms with van der Waals surface area (Å²) in [5, 5.41) is 0.112. The van der Waals surface area contributed by atoms with Crippen molar-refractivity contribution in [3.63, 3.8) is 0 Å². The van der Waals surface area contributed by atoms with E-state index in [4.69, 9.17) is 5.84 Å². The molecule has 0 aliphatic heterocycles. The molecule has 0 saturated heterocycles. The van der Waals surface area contributed by atoms with E-state index in [1.54, 1.807) is 27.0 Å². The normalized spacial score (nSPS) is 15.8. The Morgan fingerprint density at radius 1 is 1.48 bits per heavy atom. The predicted octanol–water partition coefficient (Wildman–Crippen LogP) is 1.18. The maximum atomic E-state index is 13.0. The predicted molar refractivity (Wildman–Crippen MR) is 80.2 cm³/mol. The first-order valence-corrected chi connectivity index (χ1v) is 8.49. The van der Waals surface area contributed by atoms with Crippen molar-refractivity contribution in [3.8, 4) is 0 Å². The number of fused-ring (bicyclic) bond motifs is 1. The van der Waals surface area contributed by atoms with Crippen LogP contribution in [0.4, 0.5) is 5.82 Å².